The van der Waals surface area contributed by atoms with Gasteiger partial charge in [-0.2, -0.15) is 0 Å². The highest BCUT2D eigenvalue weighted by Crippen LogP contribution is 2.17. The fourth-order valence-corrected chi connectivity index (χ4v) is 1.40. The van der Waals surface area contributed by atoms with Crippen LogP contribution >= 0.6 is 0 Å². The number of nitrogen functional groups attached to an aromatic ring is 1. The van der Waals surface area contributed by atoms with Crippen molar-refractivity contribution in [1.29, 1.82) is 0 Å². The summed E-state index contributed by atoms with van der Waals surface area (Å²) in [6.45, 7) is 6.00. The number of nitrogens with one attached hydrogen (secondary N) is 2. The Morgan fingerprint density at radius 3 is 2.53 bits per heavy atom. The number of carbonyl (C=O) groups is 1. The third kappa shape index (κ3) is 4.36. The SMILES string of the molecule is CCCc1nc(NN)cc(NCC(C)(C)C(N)=O)n1. The molecule has 0 spiro atoms. The maximum atomic E-state index is 11.3. The third-order valence-corrected chi connectivity index (χ3v) is 2.77. The summed E-state index contributed by atoms with van der Waals surface area (Å²) in [5.74, 6) is 6.88. The Morgan fingerprint density at radius 1 is 1.37 bits per heavy atom. The van der Waals surface area contributed by atoms with E-state index < -0.39 is 5.41 Å². The van der Waals surface area contributed by atoms with Crippen molar-refractivity contribution in [2.45, 2.75) is 33.6 Å². The zero-order valence-corrected chi connectivity index (χ0v) is 11.7. The summed E-state index contributed by atoms with van der Waals surface area (Å²) < 4.78 is 0. The van der Waals surface area contributed by atoms with Crippen molar-refractivity contribution in [2.24, 2.45) is 17.0 Å². The van der Waals surface area contributed by atoms with Crippen LogP contribution in [0.5, 0.6) is 0 Å². The molecule has 0 atom stereocenters. The summed E-state index contributed by atoms with van der Waals surface area (Å²) in [6.07, 6.45) is 1.71. The highest BCUT2D eigenvalue weighted by molar-refractivity contribution is 5.80. The Hall–Kier alpha value is -1.89. The highest BCUT2D eigenvalue weighted by atomic mass is 16.1. The number of anilines is 2. The van der Waals surface area contributed by atoms with Gasteiger partial charge in [-0.05, 0) is 20.3 Å². The lowest BCUT2D eigenvalue weighted by atomic mass is 9.93. The number of primary amides is 1. The van der Waals surface area contributed by atoms with Gasteiger partial charge in [-0.25, -0.2) is 15.8 Å². The van der Waals surface area contributed by atoms with Crippen molar-refractivity contribution in [3.8, 4) is 0 Å². The number of nitrogens with two attached hydrogens (primary N) is 2. The van der Waals surface area contributed by atoms with E-state index in [2.05, 4.69) is 27.6 Å². The van der Waals surface area contributed by atoms with Crippen molar-refractivity contribution >= 4 is 17.5 Å². The number of aromatic nitrogens is 2. The zero-order valence-electron chi connectivity index (χ0n) is 11.7. The lowest BCUT2D eigenvalue weighted by Gasteiger charge is -2.21. The number of rotatable bonds is 7. The first-order valence-electron chi connectivity index (χ1n) is 6.27. The van der Waals surface area contributed by atoms with Crippen LogP contribution in [0.15, 0.2) is 6.07 Å². The maximum absolute atomic E-state index is 11.3. The van der Waals surface area contributed by atoms with E-state index >= 15 is 0 Å². The number of amides is 1. The Balaban J connectivity index is 2.82. The summed E-state index contributed by atoms with van der Waals surface area (Å²) in [6, 6.07) is 1.69. The average Bonchev–Trinajstić information content (AvgIpc) is 2.36. The van der Waals surface area contributed by atoms with Gasteiger partial charge in [-0.1, -0.05) is 6.92 Å². The molecule has 7 heteroatoms. The molecular formula is C12H22N6O. The summed E-state index contributed by atoms with van der Waals surface area (Å²) in [4.78, 5) is 19.9. The van der Waals surface area contributed by atoms with Crippen LogP contribution in [0.25, 0.3) is 0 Å². The van der Waals surface area contributed by atoms with Gasteiger partial charge < -0.3 is 16.5 Å². The molecule has 1 heterocycles. The number of hydrogen-bond donors (Lipinski definition) is 4. The summed E-state index contributed by atoms with van der Waals surface area (Å²) in [5.41, 5.74) is 7.18. The van der Waals surface area contributed by atoms with Crippen LogP contribution in [-0.4, -0.2) is 22.4 Å². The molecule has 1 aromatic rings. The molecule has 0 bridgehead atoms. The molecule has 0 saturated carbocycles. The molecule has 1 amide bonds. The first-order chi connectivity index (χ1) is 8.89. The predicted octanol–water partition coefficient (Wildman–Crippen LogP) is 0.638. The van der Waals surface area contributed by atoms with Crippen LogP contribution < -0.4 is 22.3 Å². The van der Waals surface area contributed by atoms with Gasteiger partial charge >= 0.3 is 0 Å². The number of nitrogens with zero attached hydrogens (tertiary/aromatic N) is 2. The largest absolute Gasteiger partial charge is 0.369 e. The van der Waals surface area contributed by atoms with Gasteiger partial charge in [0.1, 0.15) is 17.5 Å². The molecule has 0 aliphatic heterocycles. The predicted molar refractivity (Wildman–Crippen MR) is 75.3 cm³/mol. The fourth-order valence-electron chi connectivity index (χ4n) is 1.40. The average molecular weight is 266 g/mol. The Labute approximate surface area is 113 Å². The fraction of sp³-hybridized carbons (Fsp3) is 0.583. The van der Waals surface area contributed by atoms with Gasteiger partial charge in [0.2, 0.25) is 5.91 Å². The zero-order chi connectivity index (χ0) is 14.5. The van der Waals surface area contributed by atoms with E-state index in [0.29, 0.717) is 24.0 Å². The molecular weight excluding hydrogens is 244 g/mol. The van der Waals surface area contributed by atoms with E-state index in [-0.39, 0.29) is 5.91 Å². The van der Waals surface area contributed by atoms with E-state index in [9.17, 15) is 4.79 Å². The lowest BCUT2D eigenvalue weighted by Crippen LogP contribution is -2.37. The topological polar surface area (TPSA) is 119 Å². The van der Waals surface area contributed by atoms with Gasteiger partial charge in [0.15, 0.2) is 0 Å². The van der Waals surface area contributed by atoms with E-state index in [0.717, 1.165) is 12.8 Å². The van der Waals surface area contributed by atoms with Crippen LogP contribution in [0.1, 0.15) is 33.0 Å². The number of hydrazine groups is 1. The van der Waals surface area contributed by atoms with Gasteiger partial charge in [0.25, 0.3) is 0 Å². The minimum Gasteiger partial charge on any atom is -0.369 e. The molecule has 0 aliphatic rings. The number of hydrogen-bond acceptors (Lipinski definition) is 6. The van der Waals surface area contributed by atoms with E-state index in [1.165, 1.54) is 0 Å². The second-order valence-electron chi connectivity index (χ2n) is 5.05. The normalized spacial score (nSPS) is 11.2. The minimum absolute atomic E-state index is 0.361. The van der Waals surface area contributed by atoms with Crippen LogP contribution in [0.3, 0.4) is 0 Å². The molecule has 0 unspecified atom stereocenters. The number of carbonyl (C=O) groups excluding carboxylic acids is 1. The van der Waals surface area contributed by atoms with Crippen LogP contribution in [-0.2, 0) is 11.2 Å². The third-order valence-electron chi connectivity index (χ3n) is 2.77. The van der Waals surface area contributed by atoms with E-state index in [4.69, 9.17) is 11.6 Å². The first-order valence-corrected chi connectivity index (χ1v) is 6.27. The quantitative estimate of drug-likeness (QED) is 0.425. The standard InChI is InChI=1S/C12H22N6O/c1-4-5-8-16-9(6-10(17-8)18-14)15-7-12(2,3)11(13)19/h6H,4-5,7,14H2,1-3H3,(H2,13,19)(H2,15,16,17,18). The van der Waals surface area contributed by atoms with Crippen LogP contribution in [0.2, 0.25) is 0 Å². The lowest BCUT2D eigenvalue weighted by molar-refractivity contribution is -0.125. The van der Waals surface area contributed by atoms with Crippen LogP contribution in [0.4, 0.5) is 11.6 Å². The monoisotopic (exact) mass is 266 g/mol. The van der Waals surface area contributed by atoms with Gasteiger partial charge in [0.05, 0.1) is 5.41 Å². The van der Waals surface area contributed by atoms with Crippen molar-refractivity contribution in [3.05, 3.63) is 11.9 Å². The van der Waals surface area contributed by atoms with Crippen molar-refractivity contribution in [3.63, 3.8) is 0 Å². The molecule has 106 valence electrons. The van der Waals surface area contributed by atoms with Gasteiger partial charge in [-0.3, -0.25) is 4.79 Å². The molecule has 1 rings (SSSR count). The minimum atomic E-state index is -0.647. The Bertz CT molecular complexity index is 446. The van der Waals surface area contributed by atoms with Gasteiger partial charge in [-0.15, -0.1) is 0 Å². The first kappa shape index (κ1) is 15.2. The van der Waals surface area contributed by atoms with E-state index in [1.54, 1.807) is 19.9 Å². The van der Waals surface area contributed by atoms with Gasteiger partial charge in [0, 0.05) is 19.0 Å². The Kier molecular flexibility index (Phi) is 5.05. The summed E-state index contributed by atoms with van der Waals surface area (Å²) in [5, 5.41) is 3.09. The second-order valence-corrected chi connectivity index (χ2v) is 5.05. The number of aryl methyl sites for hydroxylation is 1. The van der Waals surface area contributed by atoms with Crippen molar-refractivity contribution in [1.82, 2.24) is 9.97 Å². The molecule has 1 aromatic heterocycles. The molecule has 0 radical (unpaired) electrons. The molecule has 0 saturated heterocycles. The highest BCUT2D eigenvalue weighted by Gasteiger charge is 2.24. The molecule has 7 nitrogen and oxygen atoms in total. The Morgan fingerprint density at radius 2 is 2.00 bits per heavy atom. The summed E-state index contributed by atoms with van der Waals surface area (Å²) >= 11 is 0. The van der Waals surface area contributed by atoms with Crippen molar-refractivity contribution in [2.75, 3.05) is 17.3 Å². The van der Waals surface area contributed by atoms with Crippen LogP contribution in [0, 0.1) is 5.41 Å². The smallest absolute Gasteiger partial charge is 0.224 e. The molecule has 19 heavy (non-hydrogen) atoms. The molecule has 0 fully saturated rings. The maximum Gasteiger partial charge on any atom is 0.224 e. The second kappa shape index (κ2) is 6.33. The molecule has 6 N–H and O–H groups in total. The van der Waals surface area contributed by atoms with E-state index in [1.807, 2.05) is 0 Å². The summed E-state index contributed by atoms with van der Waals surface area (Å²) in [7, 11) is 0. The molecule has 0 aromatic carbocycles. The van der Waals surface area contributed by atoms with Crippen molar-refractivity contribution < 1.29 is 4.79 Å². The molecule has 0 aliphatic carbocycles.